The van der Waals surface area contributed by atoms with E-state index in [0.717, 1.165) is 18.4 Å². The van der Waals surface area contributed by atoms with Gasteiger partial charge in [0.15, 0.2) is 23.0 Å². The number of carbonyl (C=O) groups excluding carboxylic acids is 1. The van der Waals surface area contributed by atoms with Crippen molar-refractivity contribution in [1.29, 1.82) is 0 Å². The highest BCUT2D eigenvalue weighted by molar-refractivity contribution is 5.95. The van der Waals surface area contributed by atoms with Crippen molar-refractivity contribution >= 4 is 5.91 Å². The maximum atomic E-state index is 13.1. The van der Waals surface area contributed by atoms with Crippen LogP contribution in [0.1, 0.15) is 35.0 Å². The number of piperidine rings is 1. The predicted molar refractivity (Wildman–Crippen MR) is 113 cm³/mol. The molecule has 5 rings (SSSR count). The summed E-state index contributed by atoms with van der Waals surface area (Å²) in [4.78, 5) is 14.9. The Morgan fingerprint density at radius 1 is 1.03 bits per heavy atom. The summed E-state index contributed by atoms with van der Waals surface area (Å²) in [6, 6.07) is 10.7. The van der Waals surface area contributed by atoms with Crippen molar-refractivity contribution in [2.75, 3.05) is 34.1 Å². The lowest BCUT2D eigenvalue weighted by atomic mass is 9.97. The minimum absolute atomic E-state index is 0.0249. The van der Waals surface area contributed by atoms with Crippen LogP contribution in [0.5, 0.6) is 23.0 Å². The molecule has 3 aromatic rings. The van der Waals surface area contributed by atoms with Crippen molar-refractivity contribution in [3.8, 4) is 34.5 Å². The molecule has 1 amide bonds. The van der Waals surface area contributed by atoms with Crippen molar-refractivity contribution < 1.29 is 28.2 Å². The van der Waals surface area contributed by atoms with Crippen LogP contribution >= 0.6 is 0 Å². The van der Waals surface area contributed by atoms with Crippen LogP contribution in [0.2, 0.25) is 0 Å². The SMILES string of the molecule is COc1ccc(C(=O)N2CCCC(c3nnc(-c4ccc5c(c4)OCO5)o3)C2)cc1OC. The van der Waals surface area contributed by atoms with E-state index in [-0.39, 0.29) is 18.6 Å². The number of ether oxygens (including phenoxy) is 4. The van der Waals surface area contributed by atoms with E-state index in [1.54, 1.807) is 32.4 Å². The highest BCUT2D eigenvalue weighted by Gasteiger charge is 2.29. The molecular formula is C23H23N3O6. The van der Waals surface area contributed by atoms with Crippen molar-refractivity contribution in [3.05, 3.63) is 47.9 Å². The molecule has 1 fully saturated rings. The van der Waals surface area contributed by atoms with Gasteiger partial charge in [-0.05, 0) is 49.2 Å². The molecule has 0 N–H and O–H groups in total. The molecule has 1 aromatic heterocycles. The molecule has 0 saturated carbocycles. The maximum absolute atomic E-state index is 13.1. The molecule has 0 bridgehead atoms. The molecule has 2 aliphatic heterocycles. The second-order valence-corrected chi connectivity index (χ2v) is 7.67. The molecule has 2 aromatic carbocycles. The highest BCUT2D eigenvalue weighted by Crippen LogP contribution is 2.36. The molecule has 9 nitrogen and oxygen atoms in total. The normalized spacial score (nSPS) is 17.3. The number of carbonyl (C=O) groups is 1. The number of methoxy groups -OCH3 is 2. The quantitative estimate of drug-likeness (QED) is 0.598. The van der Waals surface area contributed by atoms with E-state index in [4.69, 9.17) is 23.4 Å². The number of amides is 1. The van der Waals surface area contributed by atoms with Crippen molar-refractivity contribution in [2.45, 2.75) is 18.8 Å². The van der Waals surface area contributed by atoms with E-state index < -0.39 is 0 Å². The third kappa shape index (κ3) is 3.70. The average Bonchev–Trinajstić information content (AvgIpc) is 3.52. The molecule has 1 saturated heterocycles. The largest absolute Gasteiger partial charge is 0.493 e. The van der Waals surface area contributed by atoms with Crippen LogP contribution in [0, 0.1) is 0 Å². The van der Waals surface area contributed by atoms with Crippen molar-refractivity contribution in [2.24, 2.45) is 0 Å². The summed E-state index contributed by atoms with van der Waals surface area (Å²) in [5.41, 5.74) is 1.32. The van der Waals surface area contributed by atoms with Crippen LogP contribution in [0.25, 0.3) is 11.5 Å². The Kier molecular flexibility index (Phi) is 5.30. The molecule has 1 atom stereocenters. The standard InChI is InChI=1S/C23H23N3O6/c1-28-17-7-6-15(11-19(17)29-2)23(27)26-9-3-4-16(12-26)22-25-24-21(32-22)14-5-8-18-20(10-14)31-13-30-18/h5-8,10-11,16H,3-4,9,12-13H2,1-2H3. The summed E-state index contributed by atoms with van der Waals surface area (Å²) >= 11 is 0. The van der Waals surface area contributed by atoms with Crippen LogP contribution in [0.3, 0.4) is 0 Å². The summed E-state index contributed by atoms with van der Waals surface area (Å²) < 4.78 is 27.3. The summed E-state index contributed by atoms with van der Waals surface area (Å²) in [6.45, 7) is 1.39. The first kappa shape index (κ1) is 20.2. The second-order valence-electron chi connectivity index (χ2n) is 7.67. The Hall–Kier alpha value is -3.75. The van der Waals surface area contributed by atoms with E-state index in [1.165, 1.54) is 0 Å². The van der Waals surface area contributed by atoms with E-state index in [0.29, 0.717) is 53.4 Å². The van der Waals surface area contributed by atoms with Crippen molar-refractivity contribution in [3.63, 3.8) is 0 Å². The molecule has 0 spiro atoms. The van der Waals surface area contributed by atoms with Gasteiger partial charge in [0.25, 0.3) is 5.91 Å². The molecule has 9 heteroatoms. The maximum Gasteiger partial charge on any atom is 0.254 e. The number of hydrogen-bond acceptors (Lipinski definition) is 8. The molecule has 1 unspecified atom stereocenters. The minimum Gasteiger partial charge on any atom is -0.493 e. The van der Waals surface area contributed by atoms with Gasteiger partial charge in [-0.1, -0.05) is 0 Å². The van der Waals surface area contributed by atoms with Gasteiger partial charge >= 0.3 is 0 Å². The van der Waals surface area contributed by atoms with Crippen LogP contribution in [-0.4, -0.2) is 55.1 Å². The Morgan fingerprint density at radius 2 is 1.88 bits per heavy atom. The van der Waals surface area contributed by atoms with Crippen LogP contribution in [0.4, 0.5) is 0 Å². The van der Waals surface area contributed by atoms with E-state index in [1.807, 2.05) is 23.1 Å². The van der Waals surface area contributed by atoms with Crippen LogP contribution < -0.4 is 18.9 Å². The van der Waals surface area contributed by atoms with E-state index in [9.17, 15) is 4.79 Å². The lowest BCUT2D eigenvalue weighted by molar-refractivity contribution is 0.0698. The second kappa shape index (κ2) is 8.41. The molecule has 3 heterocycles. The van der Waals surface area contributed by atoms with Gasteiger partial charge in [0.1, 0.15) is 0 Å². The average molecular weight is 437 g/mol. The van der Waals surface area contributed by atoms with E-state index in [2.05, 4.69) is 10.2 Å². The minimum atomic E-state index is -0.0637. The van der Waals surface area contributed by atoms with Crippen molar-refractivity contribution in [1.82, 2.24) is 15.1 Å². The van der Waals surface area contributed by atoms with Gasteiger partial charge in [-0.25, -0.2) is 0 Å². The summed E-state index contributed by atoms with van der Waals surface area (Å²) in [6.07, 6.45) is 1.73. The summed E-state index contributed by atoms with van der Waals surface area (Å²) in [5.74, 6) is 3.33. The molecule has 32 heavy (non-hydrogen) atoms. The Balaban J connectivity index is 1.32. The first-order valence-corrected chi connectivity index (χ1v) is 10.4. The fourth-order valence-electron chi connectivity index (χ4n) is 4.06. The number of benzene rings is 2. The van der Waals surface area contributed by atoms with Gasteiger partial charge in [-0.15, -0.1) is 10.2 Å². The summed E-state index contributed by atoms with van der Waals surface area (Å²) in [7, 11) is 3.12. The van der Waals surface area contributed by atoms with Gasteiger partial charge < -0.3 is 28.3 Å². The van der Waals surface area contributed by atoms with E-state index >= 15 is 0 Å². The van der Waals surface area contributed by atoms with Gasteiger partial charge in [0.05, 0.1) is 20.1 Å². The van der Waals surface area contributed by atoms with Gasteiger partial charge in [0.2, 0.25) is 18.6 Å². The number of likely N-dealkylation sites (tertiary alicyclic amines) is 1. The Bertz CT molecular complexity index is 1140. The lowest BCUT2D eigenvalue weighted by Crippen LogP contribution is -2.39. The third-order valence-corrected chi connectivity index (χ3v) is 5.75. The molecule has 2 aliphatic rings. The number of rotatable bonds is 5. The zero-order valence-electron chi connectivity index (χ0n) is 17.9. The number of hydrogen-bond donors (Lipinski definition) is 0. The predicted octanol–water partition coefficient (Wildman–Crippen LogP) is 3.50. The van der Waals surface area contributed by atoms with Crippen LogP contribution in [-0.2, 0) is 0 Å². The molecule has 0 radical (unpaired) electrons. The van der Waals surface area contributed by atoms with Gasteiger partial charge in [-0.2, -0.15) is 0 Å². The topological polar surface area (TPSA) is 96.2 Å². The number of aromatic nitrogens is 2. The van der Waals surface area contributed by atoms with Gasteiger partial charge in [-0.3, -0.25) is 4.79 Å². The fourth-order valence-corrected chi connectivity index (χ4v) is 4.06. The van der Waals surface area contributed by atoms with Crippen LogP contribution in [0.15, 0.2) is 40.8 Å². The lowest BCUT2D eigenvalue weighted by Gasteiger charge is -2.31. The Morgan fingerprint density at radius 3 is 2.72 bits per heavy atom. The zero-order valence-corrected chi connectivity index (χ0v) is 17.9. The highest BCUT2D eigenvalue weighted by atomic mass is 16.7. The Labute approximate surface area is 184 Å². The first-order valence-electron chi connectivity index (χ1n) is 10.4. The molecule has 166 valence electrons. The zero-order chi connectivity index (χ0) is 22.1. The van der Waals surface area contributed by atoms with Gasteiger partial charge in [0, 0.05) is 24.2 Å². The first-order chi connectivity index (χ1) is 15.7. The number of nitrogens with zero attached hydrogens (tertiary/aromatic N) is 3. The number of fused-ring (bicyclic) bond motifs is 1. The molecule has 0 aliphatic carbocycles. The summed E-state index contributed by atoms with van der Waals surface area (Å²) in [5, 5.41) is 8.47. The third-order valence-electron chi connectivity index (χ3n) is 5.75. The molecular weight excluding hydrogens is 414 g/mol. The monoisotopic (exact) mass is 437 g/mol. The smallest absolute Gasteiger partial charge is 0.254 e. The fraction of sp³-hybridized carbons (Fsp3) is 0.348.